The van der Waals surface area contributed by atoms with Crippen LogP contribution >= 0.6 is 22.7 Å². The minimum Gasteiger partial charge on any atom is -0.395 e. The Bertz CT molecular complexity index is 648. The molecule has 6 heteroatoms. The summed E-state index contributed by atoms with van der Waals surface area (Å²) in [5.41, 5.74) is 1.91. The maximum absolute atomic E-state index is 8.84. The van der Waals surface area contributed by atoms with Crippen LogP contribution in [0.2, 0.25) is 0 Å². The summed E-state index contributed by atoms with van der Waals surface area (Å²) in [5.74, 6) is 0.568. The molecule has 0 aliphatic carbocycles. The molecule has 0 radical (unpaired) electrons. The number of rotatable bonds is 4. The van der Waals surface area contributed by atoms with Crippen molar-refractivity contribution in [2.75, 3.05) is 18.5 Å². The maximum Gasteiger partial charge on any atom is 0.223 e. The normalized spacial score (nSPS) is 10.9. The highest BCUT2D eigenvalue weighted by Gasteiger charge is 2.11. The number of hydrogen-bond acceptors (Lipinski definition) is 6. The second-order valence-electron chi connectivity index (χ2n) is 3.66. The number of thiophene rings is 2. The molecule has 18 heavy (non-hydrogen) atoms. The molecule has 0 fully saturated rings. The molecule has 0 saturated carbocycles. The van der Waals surface area contributed by atoms with E-state index in [-0.39, 0.29) is 6.61 Å². The first-order chi connectivity index (χ1) is 8.88. The summed E-state index contributed by atoms with van der Waals surface area (Å²) in [6.45, 7) is 0.527. The van der Waals surface area contributed by atoms with Crippen molar-refractivity contribution in [3.05, 3.63) is 29.0 Å². The van der Waals surface area contributed by atoms with Gasteiger partial charge < -0.3 is 10.4 Å². The predicted molar refractivity (Wildman–Crippen MR) is 76.3 cm³/mol. The molecular weight excluding hydrogens is 266 g/mol. The molecule has 3 aromatic heterocycles. The Balaban J connectivity index is 2.12. The highest BCUT2D eigenvalue weighted by atomic mass is 32.1. The molecule has 0 spiro atoms. The first-order valence-electron chi connectivity index (χ1n) is 5.52. The number of nitrogens with one attached hydrogen (secondary N) is 1. The van der Waals surface area contributed by atoms with Crippen molar-refractivity contribution < 1.29 is 5.11 Å². The summed E-state index contributed by atoms with van der Waals surface area (Å²) in [6, 6.07) is 6.06. The van der Waals surface area contributed by atoms with Gasteiger partial charge in [0.05, 0.1) is 21.7 Å². The lowest BCUT2D eigenvalue weighted by Crippen LogP contribution is -2.08. The van der Waals surface area contributed by atoms with Crippen molar-refractivity contribution in [2.24, 2.45) is 0 Å². The lowest BCUT2D eigenvalue weighted by Gasteiger charge is -2.05. The standard InChI is InChI=1S/C12H11N3OS2/c16-5-4-13-12-14-8-3-7-18-11(8)10(15-12)9-2-1-6-17-9/h1-3,6-7,16H,4-5H2,(H,13,14,15). The highest BCUT2D eigenvalue weighted by molar-refractivity contribution is 7.18. The molecule has 0 aromatic carbocycles. The summed E-state index contributed by atoms with van der Waals surface area (Å²) < 4.78 is 1.10. The third kappa shape index (κ3) is 2.10. The monoisotopic (exact) mass is 277 g/mol. The fourth-order valence-electron chi connectivity index (χ4n) is 1.69. The van der Waals surface area contributed by atoms with Crippen LogP contribution in [0.4, 0.5) is 5.95 Å². The number of aliphatic hydroxyl groups excluding tert-OH is 1. The van der Waals surface area contributed by atoms with Gasteiger partial charge in [-0.1, -0.05) is 6.07 Å². The summed E-state index contributed by atoms with van der Waals surface area (Å²) in [4.78, 5) is 10.1. The van der Waals surface area contributed by atoms with Gasteiger partial charge in [0.25, 0.3) is 0 Å². The second kappa shape index (κ2) is 5.01. The molecule has 4 nitrogen and oxygen atoms in total. The molecule has 0 bridgehead atoms. The molecule has 3 aromatic rings. The maximum atomic E-state index is 8.84. The van der Waals surface area contributed by atoms with E-state index in [0.29, 0.717) is 12.5 Å². The Hall–Kier alpha value is -1.50. The fraction of sp³-hybridized carbons (Fsp3) is 0.167. The van der Waals surface area contributed by atoms with Gasteiger partial charge in [-0.05, 0) is 22.9 Å². The zero-order chi connectivity index (χ0) is 12.4. The van der Waals surface area contributed by atoms with Crippen LogP contribution < -0.4 is 5.32 Å². The molecule has 0 aliphatic heterocycles. The van der Waals surface area contributed by atoms with Gasteiger partial charge in [-0.15, -0.1) is 22.7 Å². The summed E-state index contributed by atoms with van der Waals surface area (Å²) in [5, 5.41) is 15.9. The van der Waals surface area contributed by atoms with Crippen LogP contribution in [0.1, 0.15) is 0 Å². The Kier molecular flexibility index (Phi) is 3.22. The van der Waals surface area contributed by atoms with Gasteiger partial charge in [-0.2, -0.15) is 0 Å². The predicted octanol–water partition coefficient (Wildman–Crippen LogP) is 2.82. The van der Waals surface area contributed by atoms with E-state index in [4.69, 9.17) is 5.11 Å². The van der Waals surface area contributed by atoms with Crippen molar-refractivity contribution in [1.82, 2.24) is 9.97 Å². The van der Waals surface area contributed by atoms with Gasteiger partial charge in [0, 0.05) is 6.54 Å². The van der Waals surface area contributed by atoms with E-state index >= 15 is 0 Å². The van der Waals surface area contributed by atoms with E-state index in [1.54, 1.807) is 22.7 Å². The molecular formula is C12H11N3OS2. The molecule has 92 valence electrons. The van der Waals surface area contributed by atoms with Gasteiger partial charge in [0.15, 0.2) is 0 Å². The lowest BCUT2D eigenvalue weighted by atomic mass is 10.3. The van der Waals surface area contributed by atoms with Gasteiger partial charge in [-0.25, -0.2) is 9.97 Å². The average molecular weight is 277 g/mol. The third-order valence-electron chi connectivity index (χ3n) is 2.45. The Morgan fingerprint density at radius 1 is 1.17 bits per heavy atom. The first-order valence-corrected chi connectivity index (χ1v) is 7.28. The van der Waals surface area contributed by atoms with Crippen molar-refractivity contribution in [1.29, 1.82) is 0 Å². The number of aliphatic hydroxyl groups is 1. The zero-order valence-corrected chi connectivity index (χ0v) is 11.1. The molecule has 0 aliphatic rings. The van der Waals surface area contributed by atoms with Crippen LogP contribution in [0, 0.1) is 0 Å². The zero-order valence-electron chi connectivity index (χ0n) is 9.46. The smallest absolute Gasteiger partial charge is 0.223 e. The Labute approximate surface area is 112 Å². The van der Waals surface area contributed by atoms with Gasteiger partial charge in [0.2, 0.25) is 5.95 Å². The van der Waals surface area contributed by atoms with E-state index in [0.717, 1.165) is 20.8 Å². The SMILES string of the molecule is OCCNc1nc(-c2cccs2)c2sccc2n1. The number of anilines is 1. The Morgan fingerprint density at radius 3 is 2.89 bits per heavy atom. The molecule has 0 saturated heterocycles. The summed E-state index contributed by atoms with van der Waals surface area (Å²) in [6.07, 6.45) is 0. The quantitative estimate of drug-likeness (QED) is 0.770. The molecule has 0 atom stereocenters. The largest absolute Gasteiger partial charge is 0.395 e. The van der Waals surface area contributed by atoms with Crippen molar-refractivity contribution in [3.8, 4) is 10.6 Å². The van der Waals surface area contributed by atoms with Gasteiger partial charge in [0.1, 0.15) is 5.69 Å². The van der Waals surface area contributed by atoms with Crippen LogP contribution in [0.5, 0.6) is 0 Å². The van der Waals surface area contributed by atoms with Crippen molar-refractivity contribution in [3.63, 3.8) is 0 Å². The van der Waals surface area contributed by atoms with E-state index in [9.17, 15) is 0 Å². The number of nitrogens with zero attached hydrogens (tertiary/aromatic N) is 2. The summed E-state index contributed by atoms with van der Waals surface area (Å²) >= 11 is 3.32. The minimum atomic E-state index is 0.0688. The number of fused-ring (bicyclic) bond motifs is 1. The van der Waals surface area contributed by atoms with Gasteiger partial charge >= 0.3 is 0 Å². The van der Waals surface area contributed by atoms with Crippen LogP contribution in [0.15, 0.2) is 29.0 Å². The molecule has 2 N–H and O–H groups in total. The first kappa shape index (κ1) is 11.6. The molecule has 3 rings (SSSR count). The van der Waals surface area contributed by atoms with Crippen molar-refractivity contribution >= 4 is 38.8 Å². The van der Waals surface area contributed by atoms with Crippen molar-refractivity contribution in [2.45, 2.75) is 0 Å². The van der Waals surface area contributed by atoms with Crippen LogP contribution in [-0.2, 0) is 0 Å². The highest BCUT2D eigenvalue weighted by Crippen LogP contribution is 2.33. The average Bonchev–Trinajstić information content (AvgIpc) is 3.05. The van der Waals surface area contributed by atoms with E-state index in [1.165, 1.54) is 0 Å². The van der Waals surface area contributed by atoms with Crippen LogP contribution in [-0.4, -0.2) is 28.2 Å². The fourth-order valence-corrected chi connectivity index (χ4v) is 3.31. The number of hydrogen-bond donors (Lipinski definition) is 2. The second-order valence-corrected chi connectivity index (χ2v) is 5.52. The molecule has 3 heterocycles. The molecule has 0 unspecified atom stereocenters. The lowest BCUT2D eigenvalue weighted by molar-refractivity contribution is 0.311. The van der Waals surface area contributed by atoms with Crippen LogP contribution in [0.25, 0.3) is 20.8 Å². The Morgan fingerprint density at radius 2 is 2.11 bits per heavy atom. The van der Waals surface area contributed by atoms with Gasteiger partial charge in [-0.3, -0.25) is 0 Å². The topological polar surface area (TPSA) is 58.0 Å². The third-order valence-corrected chi connectivity index (χ3v) is 4.24. The minimum absolute atomic E-state index is 0.0688. The van der Waals surface area contributed by atoms with E-state index in [1.807, 2.05) is 22.9 Å². The van der Waals surface area contributed by atoms with E-state index in [2.05, 4.69) is 21.4 Å². The number of aromatic nitrogens is 2. The molecule has 0 amide bonds. The van der Waals surface area contributed by atoms with Crippen LogP contribution in [0.3, 0.4) is 0 Å². The van der Waals surface area contributed by atoms with E-state index < -0.39 is 0 Å². The summed E-state index contributed by atoms with van der Waals surface area (Å²) in [7, 11) is 0.